The van der Waals surface area contributed by atoms with Crippen molar-refractivity contribution in [2.24, 2.45) is 0 Å². The van der Waals surface area contributed by atoms with Crippen LogP contribution in [0, 0.1) is 10.1 Å². The SMILES string of the molecule is COc1cncc(C(=O)N2CCC[C@@H](Nc3c(C(=O)N4CCCCC4)cc(Br)cc3[N+](=O)[O-])C2)c1Cl. The van der Waals surface area contributed by atoms with Gasteiger partial charge in [-0.2, -0.15) is 0 Å². The highest BCUT2D eigenvalue weighted by molar-refractivity contribution is 9.10. The van der Waals surface area contributed by atoms with Crippen LogP contribution in [0.5, 0.6) is 5.75 Å². The number of pyridine rings is 1. The first-order valence-corrected chi connectivity index (χ1v) is 13.0. The Labute approximate surface area is 222 Å². The number of nitro groups is 1. The highest BCUT2D eigenvalue weighted by atomic mass is 79.9. The fourth-order valence-corrected chi connectivity index (χ4v) is 5.40. The summed E-state index contributed by atoms with van der Waals surface area (Å²) in [5.74, 6) is -0.229. The van der Waals surface area contributed by atoms with Gasteiger partial charge in [-0.3, -0.25) is 24.7 Å². The molecule has 1 atom stereocenters. The van der Waals surface area contributed by atoms with E-state index in [0.29, 0.717) is 42.7 Å². The molecule has 0 saturated carbocycles. The maximum atomic E-state index is 13.4. The molecule has 2 aliphatic heterocycles. The van der Waals surface area contributed by atoms with Crippen LogP contribution in [-0.4, -0.2) is 70.9 Å². The molecule has 10 nitrogen and oxygen atoms in total. The highest BCUT2D eigenvalue weighted by Gasteiger charge is 2.32. The van der Waals surface area contributed by atoms with E-state index >= 15 is 0 Å². The quantitative estimate of drug-likeness (QED) is 0.387. The number of carbonyl (C=O) groups excluding carboxylic acids is 2. The minimum absolute atomic E-state index is 0.180. The van der Waals surface area contributed by atoms with Crippen molar-refractivity contribution in [1.29, 1.82) is 0 Å². The second-order valence-electron chi connectivity index (χ2n) is 8.90. The number of anilines is 1. The molecular weight excluding hydrogens is 554 g/mol. The number of likely N-dealkylation sites (tertiary alicyclic amines) is 2. The van der Waals surface area contributed by atoms with E-state index in [2.05, 4.69) is 26.2 Å². The third kappa shape index (κ3) is 5.57. The number of methoxy groups -OCH3 is 1. The fourth-order valence-electron chi connectivity index (χ4n) is 4.70. The lowest BCUT2D eigenvalue weighted by molar-refractivity contribution is -0.384. The van der Waals surface area contributed by atoms with Gasteiger partial charge in [0.2, 0.25) is 0 Å². The van der Waals surface area contributed by atoms with Crippen LogP contribution in [-0.2, 0) is 0 Å². The fraction of sp³-hybridized carbons (Fsp3) is 0.458. The van der Waals surface area contributed by atoms with Gasteiger partial charge in [0, 0.05) is 49.0 Å². The van der Waals surface area contributed by atoms with E-state index in [1.165, 1.54) is 25.6 Å². The summed E-state index contributed by atoms with van der Waals surface area (Å²) in [5, 5.41) is 15.4. The van der Waals surface area contributed by atoms with Crippen LogP contribution < -0.4 is 10.1 Å². The molecular formula is C24H27BrClN5O5. The topological polar surface area (TPSA) is 118 Å². The van der Waals surface area contributed by atoms with Crippen molar-refractivity contribution in [2.75, 3.05) is 38.6 Å². The standard InChI is InChI=1S/C24H27BrClN5O5/c1-36-20-13-27-12-18(21(20)26)24(33)30-9-5-6-16(14-30)28-22-17(10-15(25)11-19(22)31(34)35)23(32)29-7-3-2-4-8-29/h10-13,16,28H,2-9,14H2,1H3/t16-/m1/s1. The van der Waals surface area contributed by atoms with Gasteiger partial charge in [-0.1, -0.05) is 27.5 Å². The number of piperidine rings is 2. The molecule has 4 rings (SSSR count). The molecule has 2 aliphatic rings. The smallest absolute Gasteiger partial charge is 0.294 e. The number of ether oxygens (including phenoxy) is 1. The zero-order chi connectivity index (χ0) is 25.8. The van der Waals surface area contributed by atoms with Crippen molar-refractivity contribution in [3.05, 3.63) is 55.3 Å². The van der Waals surface area contributed by atoms with Gasteiger partial charge in [0.05, 0.1) is 34.4 Å². The molecule has 12 heteroatoms. The molecule has 0 unspecified atom stereocenters. The van der Waals surface area contributed by atoms with Crippen molar-refractivity contribution >= 4 is 50.7 Å². The number of hydrogen-bond acceptors (Lipinski definition) is 7. The van der Waals surface area contributed by atoms with Crippen LogP contribution in [0.2, 0.25) is 5.02 Å². The van der Waals surface area contributed by atoms with E-state index in [4.69, 9.17) is 16.3 Å². The molecule has 0 bridgehead atoms. The zero-order valence-corrected chi connectivity index (χ0v) is 22.2. The number of benzene rings is 1. The highest BCUT2D eigenvalue weighted by Crippen LogP contribution is 2.35. The maximum Gasteiger partial charge on any atom is 0.294 e. The number of nitrogens with zero attached hydrogens (tertiary/aromatic N) is 4. The molecule has 1 N–H and O–H groups in total. The lowest BCUT2D eigenvalue weighted by atomic mass is 10.0. The number of carbonyl (C=O) groups is 2. The Hall–Kier alpha value is -2.92. The van der Waals surface area contributed by atoms with E-state index < -0.39 is 4.92 Å². The normalized spacial score (nSPS) is 18.0. The number of hydrogen-bond donors (Lipinski definition) is 1. The largest absolute Gasteiger partial charge is 0.494 e. The Morgan fingerprint density at radius 1 is 1.11 bits per heavy atom. The van der Waals surface area contributed by atoms with Crippen molar-refractivity contribution in [2.45, 2.75) is 38.1 Å². The third-order valence-electron chi connectivity index (χ3n) is 6.51. The Morgan fingerprint density at radius 3 is 2.50 bits per heavy atom. The van der Waals surface area contributed by atoms with Gasteiger partial charge >= 0.3 is 0 Å². The van der Waals surface area contributed by atoms with Gasteiger partial charge in [-0.25, -0.2) is 0 Å². The molecule has 36 heavy (non-hydrogen) atoms. The average molecular weight is 581 g/mol. The monoisotopic (exact) mass is 579 g/mol. The number of aromatic nitrogens is 1. The Bertz CT molecular complexity index is 1170. The third-order valence-corrected chi connectivity index (χ3v) is 7.36. The number of halogens is 2. The molecule has 1 aromatic heterocycles. The second-order valence-corrected chi connectivity index (χ2v) is 10.2. The Kier molecular flexibility index (Phi) is 8.30. The Morgan fingerprint density at radius 2 is 1.81 bits per heavy atom. The number of nitrogens with one attached hydrogen (secondary N) is 1. The van der Waals surface area contributed by atoms with Gasteiger partial charge in [0.1, 0.15) is 5.69 Å². The van der Waals surface area contributed by atoms with Crippen LogP contribution >= 0.6 is 27.5 Å². The summed E-state index contributed by atoms with van der Waals surface area (Å²) in [7, 11) is 1.45. The van der Waals surface area contributed by atoms with Crippen molar-refractivity contribution in [1.82, 2.24) is 14.8 Å². The first-order valence-electron chi connectivity index (χ1n) is 11.8. The van der Waals surface area contributed by atoms with Crippen LogP contribution in [0.25, 0.3) is 0 Å². The predicted molar refractivity (Wildman–Crippen MR) is 139 cm³/mol. The minimum Gasteiger partial charge on any atom is -0.494 e. The average Bonchev–Trinajstić information content (AvgIpc) is 2.89. The van der Waals surface area contributed by atoms with Gasteiger partial charge in [0.15, 0.2) is 5.75 Å². The number of nitro benzene ring substituents is 1. The van der Waals surface area contributed by atoms with Crippen LogP contribution in [0.1, 0.15) is 52.8 Å². The Balaban J connectivity index is 1.60. The van der Waals surface area contributed by atoms with Gasteiger partial charge in [0.25, 0.3) is 17.5 Å². The summed E-state index contributed by atoms with van der Waals surface area (Å²) >= 11 is 9.66. The van der Waals surface area contributed by atoms with Crippen molar-refractivity contribution in [3.8, 4) is 5.75 Å². The minimum atomic E-state index is -0.493. The van der Waals surface area contributed by atoms with Crippen LogP contribution in [0.4, 0.5) is 11.4 Å². The summed E-state index contributed by atoms with van der Waals surface area (Å²) in [6.45, 7) is 2.04. The molecule has 3 heterocycles. The van der Waals surface area contributed by atoms with Crippen molar-refractivity contribution < 1.29 is 19.2 Å². The molecule has 192 valence electrons. The van der Waals surface area contributed by atoms with Crippen LogP contribution in [0.3, 0.4) is 0 Å². The zero-order valence-electron chi connectivity index (χ0n) is 19.8. The predicted octanol–water partition coefficient (Wildman–Crippen LogP) is 4.76. The van der Waals surface area contributed by atoms with Crippen molar-refractivity contribution in [3.63, 3.8) is 0 Å². The summed E-state index contributed by atoms with van der Waals surface area (Å²) < 4.78 is 5.63. The van der Waals surface area contributed by atoms with E-state index in [-0.39, 0.29) is 51.9 Å². The van der Waals surface area contributed by atoms with E-state index in [1.807, 2.05) is 0 Å². The molecule has 2 fully saturated rings. The summed E-state index contributed by atoms with van der Waals surface area (Å²) in [6, 6.07) is 2.72. The lowest BCUT2D eigenvalue weighted by Gasteiger charge is -2.34. The van der Waals surface area contributed by atoms with Gasteiger partial charge in [-0.05, 0) is 38.2 Å². The summed E-state index contributed by atoms with van der Waals surface area (Å²) in [5.41, 5.74) is 0.473. The molecule has 0 spiro atoms. The maximum absolute atomic E-state index is 13.4. The number of rotatable bonds is 6. The molecule has 0 aliphatic carbocycles. The molecule has 0 radical (unpaired) electrons. The molecule has 2 amide bonds. The first kappa shape index (κ1) is 26.2. The van der Waals surface area contributed by atoms with Gasteiger partial charge in [-0.15, -0.1) is 0 Å². The molecule has 1 aromatic carbocycles. The molecule has 2 aromatic rings. The van der Waals surface area contributed by atoms with E-state index in [1.54, 1.807) is 15.9 Å². The van der Waals surface area contributed by atoms with E-state index in [0.717, 1.165) is 19.3 Å². The summed E-state index contributed by atoms with van der Waals surface area (Å²) in [6.07, 6.45) is 7.08. The lowest BCUT2D eigenvalue weighted by Crippen LogP contribution is -2.45. The van der Waals surface area contributed by atoms with Crippen LogP contribution in [0.15, 0.2) is 29.0 Å². The first-order chi connectivity index (χ1) is 17.3. The number of amides is 2. The summed E-state index contributed by atoms with van der Waals surface area (Å²) in [4.78, 5) is 45.5. The van der Waals surface area contributed by atoms with Gasteiger partial charge < -0.3 is 19.9 Å². The molecule has 2 saturated heterocycles. The van der Waals surface area contributed by atoms with E-state index in [9.17, 15) is 19.7 Å². The second kappa shape index (κ2) is 11.4.